The lowest BCUT2D eigenvalue weighted by Gasteiger charge is -2.16. The zero-order chi connectivity index (χ0) is 13.7. The molecule has 0 aliphatic carbocycles. The maximum Gasteiger partial charge on any atom is 0.219 e. The first-order valence-electron chi connectivity index (χ1n) is 6.93. The summed E-state index contributed by atoms with van der Waals surface area (Å²) in [6.07, 6.45) is 2.52. The predicted molar refractivity (Wildman–Crippen MR) is 78.1 cm³/mol. The Labute approximate surface area is 115 Å². The molecule has 104 valence electrons. The molecule has 2 rings (SSSR count). The molecular formula is C15H23N3O. The number of benzene rings is 1. The molecule has 1 heterocycles. The molecule has 0 radical (unpaired) electrons. The van der Waals surface area contributed by atoms with Crippen LogP contribution < -0.4 is 10.6 Å². The van der Waals surface area contributed by atoms with Crippen LogP contribution in [0.15, 0.2) is 24.3 Å². The van der Waals surface area contributed by atoms with Gasteiger partial charge in [-0.3, -0.25) is 4.79 Å². The van der Waals surface area contributed by atoms with Gasteiger partial charge in [-0.15, -0.1) is 0 Å². The first-order valence-corrected chi connectivity index (χ1v) is 6.93. The van der Waals surface area contributed by atoms with Crippen LogP contribution in [0.4, 0.5) is 5.69 Å². The molecule has 0 saturated carbocycles. The third-order valence-corrected chi connectivity index (χ3v) is 3.60. The summed E-state index contributed by atoms with van der Waals surface area (Å²) in [5.74, 6) is 0.0912. The zero-order valence-electron chi connectivity index (χ0n) is 11.8. The van der Waals surface area contributed by atoms with Gasteiger partial charge in [-0.1, -0.05) is 12.1 Å². The minimum Gasteiger partial charge on any atom is -0.383 e. The highest BCUT2D eigenvalue weighted by atomic mass is 16.2. The molecule has 1 atom stereocenters. The summed E-state index contributed by atoms with van der Waals surface area (Å²) in [7, 11) is 1.82. The molecule has 1 aliphatic rings. The smallest absolute Gasteiger partial charge is 0.219 e. The first kappa shape index (κ1) is 13.9. The van der Waals surface area contributed by atoms with Gasteiger partial charge in [0.05, 0.1) is 0 Å². The fourth-order valence-corrected chi connectivity index (χ4v) is 2.34. The van der Waals surface area contributed by atoms with Crippen molar-refractivity contribution in [3.63, 3.8) is 0 Å². The Balaban J connectivity index is 1.88. The average molecular weight is 261 g/mol. The van der Waals surface area contributed by atoms with E-state index in [1.54, 1.807) is 11.8 Å². The van der Waals surface area contributed by atoms with E-state index in [2.05, 4.69) is 28.8 Å². The summed E-state index contributed by atoms with van der Waals surface area (Å²) >= 11 is 0. The van der Waals surface area contributed by atoms with Crippen molar-refractivity contribution < 1.29 is 4.79 Å². The van der Waals surface area contributed by atoms with Gasteiger partial charge >= 0.3 is 0 Å². The van der Waals surface area contributed by atoms with Crippen molar-refractivity contribution in [1.82, 2.24) is 10.2 Å². The zero-order valence-corrected chi connectivity index (χ0v) is 11.8. The van der Waals surface area contributed by atoms with Crippen LogP contribution in [0.25, 0.3) is 0 Å². The Morgan fingerprint density at radius 1 is 1.53 bits per heavy atom. The molecule has 1 aromatic carbocycles. The van der Waals surface area contributed by atoms with Crippen molar-refractivity contribution in [2.75, 3.05) is 25.5 Å². The van der Waals surface area contributed by atoms with Gasteiger partial charge in [0.1, 0.15) is 0 Å². The SMILES string of the molecule is CC(=O)N(C)Cc1cccc(NCC2CCCN2)c1. The van der Waals surface area contributed by atoms with E-state index in [1.165, 1.54) is 12.8 Å². The fraction of sp³-hybridized carbons (Fsp3) is 0.533. The third kappa shape index (κ3) is 4.24. The number of carbonyl (C=O) groups is 1. The van der Waals surface area contributed by atoms with Crippen molar-refractivity contribution >= 4 is 11.6 Å². The van der Waals surface area contributed by atoms with Crippen LogP contribution in [0.3, 0.4) is 0 Å². The quantitative estimate of drug-likeness (QED) is 0.850. The normalized spacial score (nSPS) is 18.3. The summed E-state index contributed by atoms with van der Waals surface area (Å²) in [5, 5.41) is 6.94. The Kier molecular flexibility index (Phi) is 4.80. The number of rotatable bonds is 5. The summed E-state index contributed by atoms with van der Waals surface area (Å²) in [6, 6.07) is 8.87. The predicted octanol–water partition coefficient (Wildman–Crippen LogP) is 1.83. The number of hydrogen-bond donors (Lipinski definition) is 2. The van der Waals surface area contributed by atoms with Crippen LogP contribution in [0, 0.1) is 0 Å². The lowest BCUT2D eigenvalue weighted by atomic mass is 10.1. The Hall–Kier alpha value is -1.55. The fourth-order valence-electron chi connectivity index (χ4n) is 2.34. The molecule has 1 amide bonds. The van der Waals surface area contributed by atoms with Crippen molar-refractivity contribution in [1.29, 1.82) is 0 Å². The minimum absolute atomic E-state index is 0.0912. The summed E-state index contributed by atoms with van der Waals surface area (Å²) < 4.78 is 0. The van der Waals surface area contributed by atoms with Crippen LogP contribution in [0.5, 0.6) is 0 Å². The maximum absolute atomic E-state index is 11.2. The van der Waals surface area contributed by atoms with E-state index in [9.17, 15) is 4.79 Å². The highest BCUT2D eigenvalue weighted by molar-refractivity contribution is 5.72. The molecule has 19 heavy (non-hydrogen) atoms. The number of amides is 1. The van der Waals surface area contributed by atoms with Crippen molar-refractivity contribution in [2.24, 2.45) is 0 Å². The van der Waals surface area contributed by atoms with Crippen molar-refractivity contribution in [3.8, 4) is 0 Å². The van der Waals surface area contributed by atoms with E-state index in [1.807, 2.05) is 13.1 Å². The van der Waals surface area contributed by atoms with Gasteiger partial charge in [0.15, 0.2) is 0 Å². The molecule has 0 aromatic heterocycles. The molecule has 1 fully saturated rings. The molecule has 0 bridgehead atoms. The summed E-state index contributed by atoms with van der Waals surface area (Å²) in [5.41, 5.74) is 2.28. The third-order valence-electron chi connectivity index (χ3n) is 3.60. The number of anilines is 1. The molecule has 1 saturated heterocycles. The van der Waals surface area contributed by atoms with Crippen molar-refractivity contribution in [3.05, 3.63) is 29.8 Å². The average Bonchev–Trinajstić information content (AvgIpc) is 2.90. The van der Waals surface area contributed by atoms with Gasteiger partial charge in [0.2, 0.25) is 5.91 Å². The standard InChI is InChI=1S/C15H23N3O/c1-12(19)18(2)11-13-5-3-6-14(9-13)17-10-15-7-4-8-16-15/h3,5-6,9,15-17H,4,7-8,10-11H2,1-2H3. The highest BCUT2D eigenvalue weighted by Crippen LogP contribution is 2.13. The molecule has 1 aliphatic heterocycles. The van der Waals surface area contributed by atoms with E-state index >= 15 is 0 Å². The van der Waals surface area contributed by atoms with Crippen LogP contribution in [0.2, 0.25) is 0 Å². The number of nitrogens with zero attached hydrogens (tertiary/aromatic N) is 1. The molecule has 4 nitrogen and oxygen atoms in total. The second-order valence-electron chi connectivity index (χ2n) is 5.25. The summed E-state index contributed by atoms with van der Waals surface area (Å²) in [6.45, 7) is 4.35. The largest absolute Gasteiger partial charge is 0.383 e. The van der Waals surface area contributed by atoms with Crippen LogP contribution in [-0.4, -0.2) is 37.0 Å². The van der Waals surface area contributed by atoms with Gasteiger partial charge in [-0.2, -0.15) is 0 Å². The number of nitrogens with one attached hydrogen (secondary N) is 2. The van der Waals surface area contributed by atoms with Gasteiger partial charge in [-0.25, -0.2) is 0 Å². The van der Waals surface area contributed by atoms with E-state index in [-0.39, 0.29) is 5.91 Å². The molecule has 1 unspecified atom stereocenters. The second-order valence-corrected chi connectivity index (χ2v) is 5.25. The second kappa shape index (κ2) is 6.57. The molecule has 0 spiro atoms. The van der Waals surface area contributed by atoms with Gasteiger partial charge < -0.3 is 15.5 Å². The van der Waals surface area contributed by atoms with E-state index < -0.39 is 0 Å². The topological polar surface area (TPSA) is 44.4 Å². The maximum atomic E-state index is 11.2. The summed E-state index contributed by atoms with van der Waals surface area (Å²) in [4.78, 5) is 13.0. The van der Waals surface area contributed by atoms with Crippen molar-refractivity contribution in [2.45, 2.75) is 32.4 Å². The molecule has 4 heteroatoms. The number of carbonyl (C=O) groups excluding carboxylic acids is 1. The Bertz CT molecular complexity index is 427. The lowest BCUT2D eigenvalue weighted by molar-refractivity contribution is -0.128. The van der Waals surface area contributed by atoms with Crippen LogP contribution in [-0.2, 0) is 11.3 Å². The van der Waals surface area contributed by atoms with Crippen LogP contribution >= 0.6 is 0 Å². The van der Waals surface area contributed by atoms with E-state index in [4.69, 9.17) is 0 Å². The van der Waals surface area contributed by atoms with Gasteiger partial charge in [-0.05, 0) is 37.1 Å². The molecule has 1 aromatic rings. The monoisotopic (exact) mass is 261 g/mol. The Morgan fingerprint density at radius 3 is 3.05 bits per heavy atom. The molecule has 2 N–H and O–H groups in total. The lowest BCUT2D eigenvalue weighted by Crippen LogP contribution is -2.29. The highest BCUT2D eigenvalue weighted by Gasteiger charge is 2.13. The van der Waals surface area contributed by atoms with E-state index in [0.717, 1.165) is 24.3 Å². The Morgan fingerprint density at radius 2 is 2.37 bits per heavy atom. The first-order chi connectivity index (χ1) is 9.15. The minimum atomic E-state index is 0.0912. The van der Waals surface area contributed by atoms with Gasteiger partial charge in [0, 0.05) is 38.8 Å². The number of hydrogen-bond acceptors (Lipinski definition) is 3. The van der Waals surface area contributed by atoms with E-state index in [0.29, 0.717) is 12.6 Å². The van der Waals surface area contributed by atoms with Crippen LogP contribution in [0.1, 0.15) is 25.3 Å². The molecular weight excluding hydrogens is 238 g/mol. The van der Waals surface area contributed by atoms with Gasteiger partial charge in [0.25, 0.3) is 0 Å².